The summed E-state index contributed by atoms with van der Waals surface area (Å²) in [5, 5.41) is 2.99. The number of aliphatic imine (C=N–C) groups is 1. The van der Waals surface area contributed by atoms with Gasteiger partial charge >= 0.3 is 6.03 Å². The summed E-state index contributed by atoms with van der Waals surface area (Å²) in [6.45, 7) is 0.566. The largest absolute Gasteiger partial charge is 0.431 e. The molecule has 1 aromatic carbocycles. The van der Waals surface area contributed by atoms with Crippen LogP contribution in [0.15, 0.2) is 38.9 Å². The summed E-state index contributed by atoms with van der Waals surface area (Å²) >= 11 is 1.48. The van der Waals surface area contributed by atoms with Gasteiger partial charge in [-0.2, -0.15) is 0 Å². The van der Waals surface area contributed by atoms with Crippen LogP contribution in [0.2, 0.25) is 0 Å². The second-order valence-electron chi connectivity index (χ2n) is 6.58. The van der Waals surface area contributed by atoms with Gasteiger partial charge in [0.25, 0.3) is 11.1 Å². The van der Waals surface area contributed by atoms with Gasteiger partial charge in [0.1, 0.15) is 5.52 Å². The number of hydrogen-bond acceptors (Lipinski definition) is 8. The number of fused-ring (bicyclic) bond motifs is 2. The predicted octanol–water partition coefficient (Wildman–Crippen LogP) is 1.03. The Morgan fingerprint density at radius 3 is 2.81 bits per heavy atom. The molecule has 9 nitrogen and oxygen atoms in total. The second-order valence-corrected chi connectivity index (χ2v) is 7.62. The first-order valence-corrected chi connectivity index (χ1v) is 9.52. The Hall–Kier alpha value is -2.75. The monoisotopic (exact) mass is 388 g/mol. The van der Waals surface area contributed by atoms with E-state index in [1.54, 1.807) is 7.05 Å². The van der Waals surface area contributed by atoms with Crippen molar-refractivity contribution in [3.63, 3.8) is 0 Å². The topological polar surface area (TPSA) is 94.3 Å². The lowest BCUT2D eigenvalue weighted by atomic mass is 10.1. The van der Waals surface area contributed by atoms with E-state index in [4.69, 9.17) is 4.42 Å². The second kappa shape index (κ2) is 6.76. The lowest BCUT2D eigenvalue weighted by molar-refractivity contribution is -0.127. The number of urea groups is 1. The lowest BCUT2D eigenvalue weighted by Gasteiger charge is -2.36. The Balaban J connectivity index is 1.48. The van der Waals surface area contributed by atoms with Crippen molar-refractivity contribution in [1.82, 2.24) is 25.0 Å². The number of para-hydroxylation sites is 2. The van der Waals surface area contributed by atoms with E-state index in [2.05, 4.69) is 15.3 Å². The zero-order valence-electron chi connectivity index (χ0n) is 15.2. The van der Waals surface area contributed by atoms with E-state index in [-0.39, 0.29) is 5.91 Å². The summed E-state index contributed by atoms with van der Waals surface area (Å²) in [5.74, 6) is 1.02. The fourth-order valence-electron chi connectivity index (χ4n) is 3.27. The number of nitrogens with one attached hydrogen (secondary N) is 1. The van der Waals surface area contributed by atoms with Crippen LogP contribution in [0.3, 0.4) is 0 Å². The number of oxazole rings is 1. The lowest BCUT2D eigenvalue weighted by Crippen LogP contribution is -2.64. The molecule has 4 rings (SSSR count). The molecule has 3 amide bonds. The average Bonchev–Trinajstić information content (AvgIpc) is 3.21. The third-order valence-corrected chi connectivity index (χ3v) is 5.38. The number of hydrogen-bond donors (Lipinski definition) is 1. The fraction of sp³-hybridized carbons (Fsp3) is 0.412. The van der Waals surface area contributed by atoms with E-state index < -0.39 is 18.2 Å². The maximum absolute atomic E-state index is 12.4. The van der Waals surface area contributed by atoms with Gasteiger partial charge in [-0.1, -0.05) is 23.9 Å². The summed E-state index contributed by atoms with van der Waals surface area (Å²) in [5.41, 5.74) is 1.58. The van der Waals surface area contributed by atoms with Crippen LogP contribution in [0.5, 0.6) is 0 Å². The summed E-state index contributed by atoms with van der Waals surface area (Å²) in [7, 11) is 5.39. The molecule has 1 aromatic heterocycles. The third-order valence-electron chi connectivity index (χ3n) is 4.57. The third kappa shape index (κ3) is 3.09. The molecule has 1 N–H and O–H groups in total. The maximum Gasteiger partial charge on any atom is 0.325 e. The van der Waals surface area contributed by atoms with Gasteiger partial charge in [-0.15, -0.1) is 0 Å². The molecule has 2 aliphatic heterocycles. The molecule has 0 bridgehead atoms. The summed E-state index contributed by atoms with van der Waals surface area (Å²) in [6.07, 6.45) is -0.516. The van der Waals surface area contributed by atoms with Crippen molar-refractivity contribution in [1.29, 1.82) is 0 Å². The van der Waals surface area contributed by atoms with Gasteiger partial charge in [-0.3, -0.25) is 10.1 Å². The number of imide groups is 1. The van der Waals surface area contributed by atoms with Crippen LogP contribution in [-0.2, 0) is 4.79 Å². The zero-order chi connectivity index (χ0) is 19.1. The van der Waals surface area contributed by atoms with Crippen molar-refractivity contribution in [2.75, 3.05) is 33.4 Å². The number of aromatic nitrogens is 1. The van der Waals surface area contributed by atoms with Gasteiger partial charge in [0.2, 0.25) is 0 Å². The molecular weight excluding hydrogens is 368 g/mol. The van der Waals surface area contributed by atoms with E-state index in [0.29, 0.717) is 23.5 Å². The quantitative estimate of drug-likeness (QED) is 0.782. The summed E-state index contributed by atoms with van der Waals surface area (Å²) in [6, 6.07) is 6.66. The van der Waals surface area contributed by atoms with Crippen LogP contribution in [0.25, 0.3) is 11.1 Å². The minimum atomic E-state index is -0.533. The molecule has 142 valence electrons. The van der Waals surface area contributed by atoms with E-state index in [1.807, 2.05) is 48.2 Å². The number of carbonyl (C=O) groups is 2. The highest BCUT2D eigenvalue weighted by Crippen LogP contribution is 2.27. The molecular formula is C17H20N6O3S. The smallest absolute Gasteiger partial charge is 0.325 e. The van der Waals surface area contributed by atoms with Crippen molar-refractivity contribution in [3.05, 3.63) is 24.3 Å². The Bertz CT molecular complexity index is 893. The van der Waals surface area contributed by atoms with E-state index >= 15 is 0 Å². The highest BCUT2D eigenvalue weighted by molar-refractivity contribution is 7.99. The van der Waals surface area contributed by atoms with Gasteiger partial charge < -0.3 is 19.1 Å². The standard InChI is InChI=1S/C17H20N6O3S/c1-21(2)15-19-13-12(14(24)20-16(25)22(13)3)23(15)8-9-27-17-18-10-6-4-5-7-11(10)26-17/h4-7,12-13H,8-9H2,1-3H3,(H,20,24,25). The Morgan fingerprint density at radius 1 is 1.30 bits per heavy atom. The van der Waals surface area contributed by atoms with Gasteiger partial charge in [0.05, 0.1) is 0 Å². The van der Waals surface area contributed by atoms with E-state index in [9.17, 15) is 9.59 Å². The highest BCUT2D eigenvalue weighted by atomic mass is 32.2. The number of nitrogens with zero attached hydrogens (tertiary/aromatic N) is 5. The van der Waals surface area contributed by atoms with E-state index in [0.717, 1.165) is 11.1 Å². The van der Waals surface area contributed by atoms with Crippen LogP contribution in [0.4, 0.5) is 4.79 Å². The van der Waals surface area contributed by atoms with Crippen molar-refractivity contribution in [2.24, 2.45) is 4.99 Å². The number of likely N-dealkylation sites (N-methyl/N-ethyl adjacent to an activating group) is 1. The van der Waals surface area contributed by atoms with E-state index in [1.165, 1.54) is 16.7 Å². The number of benzene rings is 1. The minimum absolute atomic E-state index is 0.324. The molecule has 27 heavy (non-hydrogen) atoms. The van der Waals surface area contributed by atoms with Gasteiger partial charge in [0, 0.05) is 33.4 Å². The molecule has 2 unspecified atom stereocenters. The molecule has 2 aliphatic rings. The maximum atomic E-state index is 12.4. The van der Waals surface area contributed by atoms with Crippen molar-refractivity contribution < 1.29 is 14.0 Å². The first-order chi connectivity index (χ1) is 13.0. The van der Waals surface area contributed by atoms with Crippen LogP contribution in [-0.4, -0.2) is 83.2 Å². The van der Waals surface area contributed by atoms with Gasteiger partial charge in [-0.05, 0) is 12.1 Å². The number of rotatable bonds is 4. The summed E-state index contributed by atoms with van der Waals surface area (Å²) in [4.78, 5) is 38.6. The normalized spacial score (nSPS) is 22.1. The number of carbonyl (C=O) groups excluding carboxylic acids is 2. The zero-order valence-corrected chi connectivity index (χ0v) is 16.1. The van der Waals surface area contributed by atoms with Crippen LogP contribution in [0, 0.1) is 0 Å². The van der Waals surface area contributed by atoms with Crippen LogP contribution < -0.4 is 5.32 Å². The molecule has 0 saturated carbocycles. The SMILES string of the molecule is CN(C)C1=NC2C(C(=O)NC(=O)N2C)N1CCSc1nc2ccccc2o1. The summed E-state index contributed by atoms with van der Waals surface area (Å²) < 4.78 is 5.73. The van der Waals surface area contributed by atoms with Crippen molar-refractivity contribution in [3.8, 4) is 0 Å². The average molecular weight is 388 g/mol. The first-order valence-electron chi connectivity index (χ1n) is 8.53. The number of thioether (sulfide) groups is 1. The van der Waals surface area contributed by atoms with Gasteiger partial charge in [0.15, 0.2) is 23.8 Å². The van der Waals surface area contributed by atoms with Gasteiger partial charge in [-0.25, -0.2) is 14.8 Å². The molecule has 0 aliphatic carbocycles. The molecule has 0 spiro atoms. The fourth-order valence-corrected chi connectivity index (χ4v) is 4.04. The predicted molar refractivity (Wildman–Crippen MR) is 101 cm³/mol. The molecule has 0 radical (unpaired) electrons. The minimum Gasteiger partial charge on any atom is -0.431 e. The first kappa shape index (κ1) is 17.7. The van der Waals surface area contributed by atoms with Crippen molar-refractivity contribution in [2.45, 2.75) is 17.4 Å². The molecule has 1 saturated heterocycles. The van der Waals surface area contributed by atoms with Crippen LogP contribution >= 0.6 is 11.8 Å². The molecule has 2 atom stereocenters. The molecule has 2 aromatic rings. The Labute approximate surface area is 160 Å². The van der Waals surface area contributed by atoms with Crippen molar-refractivity contribution >= 4 is 40.8 Å². The number of amides is 3. The Morgan fingerprint density at radius 2 is 2.07 bits per heavy atom. The highest BCUT2D eigenvalue weighted by Gasteiger charge is 2.48. The van der Waals surface area contributed by atoms with Crippen LogP contribution in [0.1, 0.15) is 0 Å². The Kier molecular flexibility index (Phi) is 4.42. The molecule has 10 heteroatoms. The molecule has 1 fully saturated rings. The molecule has 3 heterocycles. The number of guanidine groups is 1.